The van der Waals surface area contributed by atoms with E-state index in [9.17, 15) is 9.59 Å². The second kappa shape index (κ2) is 5.38. The molecule has 5 heteroatoms. The summed E-state index contributed by atoms with van der Waals surface area (Å²) >= 11 is 0. The molecule has 0 aromatic heterocycles. The molecule has 0 aromatic carbocycles. The first-order valence-electron chi connectivity index (χ1n) is 6.08. The van der Waals surface area contributed by atoms with Gasteiger partial charge in [-0.3, -0.25) is 4.79 Å². The van der Waals surface area contributed by atoms with Gasteiger partial charge in [-0.1, -0.05) is 20.8 Å². The minimum Gasteiger partial charge on any atom is -0.481 e. The molecule has 2 N–H and O–H groups in total. The number of nitrogens with zero attached hydrogens (tertiary/aromatic N) is 1. The second-order valence-electron chi connectivity index (χ2n) is 5.66. The molecule has 1 unspecified atom stereocenters. The van der Waals surface area contributed by atoms with Crippen LogP contribution in [0.5, 0.6) is 0 Å². The SMILES string of the molecule is CC(C)(C)C(CC(=O)O)NC(=O)N1CCCC1. The Bertz CT molecular complexity index is 291. The number of carboxylic acid groups (broad SMARTS) is 1. The zero-order chi connectivity index (χ0) is 13.1. The average molecular weight is 242 g/mol. The molecule has 0 radical (unpaired) electrons. The number of carbonyl (C=O) groups is 2. The molecular weight excluding hydrogens is 220 g/mol. The fraction of sp³-hybridized carbons (Fsp3) is 0.833. The highest BCUT2D eigenvalue weighted by Crippen LogP contribution is 2.22. The molecule has 0 saturated carbocycles. The maximum absolute atomic E-state index is 11.9. The number of nitrogens with one attached hydrogen (secondary N) is 1. The van der Waals surface area contributed by atoms with Gasteiger partial charge in [0.2, 0.25) is 0 Å². The summed E-state index contributed by atoms with van der Waals surface area (Å²) in [6.07, 6.45) is 2.03. The van der Waals surface area contributed by atoms with Crippen LogP contribution in [0.1, 0.15) is 40.0 Å². The van der Waals surface area contributed by atoms with E-state index in [2.05, 4.69) is 5.32 Å². The summed E-state index contributed by atoms with van der Waals surface area (Å²) in [5.74, 6) is -0.883. The van der Waals surface area contributed by atoms with Crippen molar-refractivity contribution in [2.24, 2.45) is 5.41 Å². The van der Waals surface area contributed by atoms with E-state index < -0.39 is 5.97 Å². The summed E-state index contributed by atoms with van der Waals surface area (Å²) in [6, 6.07) is -0.475. The Morgan fingerprint density at radius 2 is 1.82 bits per heavy atom. The molecule has 98 valence electrons. The summed E-state index contributed by atoms with van der Waals surface area (Å²) in [5.41, 5.74) is -0.256. The number of carboxylic acids is 1. The highest BCUT2D eigenvalue weighted by Gasteiger charge is 2.30. The first-order valence-corrected chi connectivity index (χ1v) is 6.08. The van der Waals surface area contributed by atoms with Crippen molar-refractivity contribution in [3.05, 3.63) is 0 Å². The third-order valence-electron chi connectivity index (χ3n) is 3.12. The number of hydrogen-bond acceptors (Lipinski definition) is 2. The van der Waals surface area contributed by atoms with Gasteiger partial charge in [0, 0.05) is 19.1 Å². The van der Waals surface area contributed by atoms with Gasteiger partial charge in [0.25, 0.3) is 0 Å². The zero-order valence-corrected chi connectivity index (χ0v) is 10.8. The van der Waals surface area contributed by atoms with Gasteiger partial charge in [0.15, 0.2) is 0 Å². The lowest BCUT2D eigenvalue weighted by atomic mass is 9.85. The predicted molar refractivity (Wildman–Crippen MR) is 64.8 cm³/mol. The highest BCUT2D eigenvalue weighted by atomic mass is 16.4. The summed E-state index contributed by atoms with van der Waals surface area (Å²) in [4.78, 5) is 24.5. The quantitative estimate of drug-likeness (QED) is 0.791. The second-order valence-corrected chi connectivity index (χ2v) is 5.66. The fourth-order valence-electron chi connectivity index (χ4n) is 1.91. The van der Waals surface area contributed by atoms with Crippen molar-refractivity contribution in [3.8, 4) is 0 Å². The smallest absolute Gasteiger partial charge is 0.317 e. The Morgan fingerprint density at radius 1 is 1.29 bits per heavy atom. The summed E-state index contributed by atoms with van der Waals surface area (Å²) in [6.45, 7) is 7.35. The Balaban J connectivity index is 2.59. The van der Waals surface area contributed by atoms with Crippen LogP contribution >= 0.6 is 0 Å². The number of likely N-dealkylation sites (tertiary alicyclic amines) is 1. The summed E-state index contributed by atoms with van der Waals surface area (Å²) < 4.78 is 0. The Morgan fingerprint density at radius 3 is 2.24 bits per heavy atom. The molecule has 0 spiro atoms. The molecule has 5 nitrogen and oxygen atoms in total. The van der Waals surface area contributed by atoms with E-state index in [1.807, 2.05) is 20.8 Å². The van der Waals surface area contributed by atoms with Crippen LogP contribution in [0.25, 0.3) is 0 Å². The van der Waals surface area contributed by atoms with Gasteiger partial charge in [0.05, 0.1) is 6.42 Å². The Hall–Kier alpha value is -1.26. The molecule has 0 aromatic rings. The number of amides is 2. The first-order chi connectivity index (χ1) is 7.80. The summed E-state index contributed by atoms with van der Waals surface area (Å²) in [5, 5.41) is 11.7. The van der Waals surface area contributed by atoms with Crippen molar-refractivity contribution in [2.75, 3.05) is 13.1 Å². The summed E-state index contributed by atoms with van der Waals surface area (Å²) in [7, 11) is 0. The molecule has 1 fully saturated rings. The van der Waals surface area contributed by atoms with E-state index in [4.69, 9.17) is 5.11 Å². The number of aliphatic carboxylic acids is 1. The molecule has 1 rings (SSSR count). The van der Waals surface area contributed by atoms with Crippen LogP contribution in [-0.4, -0.2) is 41.1 Å². The molecule has 1 aliphatic heterocycles. The standard InChI is InChI=1S/C12H22N2O3/c1-12(2,3)9(8-10(15)16)13-11(17)14-6-4-5-7-14/h9H,4-8H2,1-3H3,(H,13,17)(H,15,16). The monoisotopic (exact) mass is 242 g/mol. The van der Waals surface area contributed by atoms with Gasteiger partial charge < -0.3 is 15.3 Å². The van der Waals surface area contributed by atoms with Gasteiger partial charge in [-0.2, -0.15) is 0 Å². The fourth-order valence-corrected chi connectivity index (χ4v) is 1.91. The van der Waals surface area contributed by atoms with Gasteiger partial charge in [0.1, 0.15) is 0 Å². The lowest BCUT2D eigenvalue weighted by molar-refractivity contribution is -0.138. The molecule has 1 aliphatic rings. The lowest BCUT2D eigenvalue weighted by Crippen LogP contribution is -2.49. The minimum atomic E-state index is -0.883. The third kappa shape index (κ3) is 4.24. The molecule has 2 amide bonds. The normalized spacial score (nSPS) is 17.9. The maximum Gasteiger partial charge on any atom is 0.317 e. The number of rotatable bonds is 3. The van der Waals surface area contributed by atoms with Crippen molar-refractivity contribution in [1.82, 2.24) is 10.2 Å². The van der Waals surface area contributed by atoms with Crippen LogP contribution in [0.15, 0.2) is 0 Å². The molecule has 1 saturated heterocycles. The van der Waals surface area contributed by atoms with Gasteiger partial charge >= 0.3 is 12.0 Å². The molecule has 17 heavy (non-hydrogen) atoms. The highest BCUT2D eigenvalue weighted by molar-refractivity contribution is 5.76. The van der Waals surface area contributed by atoms with E-state index in [1.54, 1.807) is 4.90 Å². The van der Waals surface area contributed by atoms with Gasteiger partial charge in [-0.15, -0.1) is 0 Å². The van der Waals surface area contributed by atoms with Gasteiger partial charge in [-0.25, -0.2) is 4.79 Å². The molecule has 1 atom stereocenters. The first kappa shape index (κ1) is 13.8. The van der Waals surface area contributed by atoms with Gasteiger partial charge in [-0.05, 0) is 18.3 Å². The third-order valence-corrected chi connectivity index (χ3v) is 3.12. The molecule has 0 bridgehead atoms. The van der Waals surface area contributed by atoms with E-state index >= 15 is 0 Å². The van der Waals surface area contributed by atoms with Crippen LogP contribution in [0.2, 0.25) is 0 Å². The van der Waals surface area contributed by atoms with Crippen LogP contribution < -0.4 is 5.32 Å². The van der Waals surface area contributed by atoms with Crippen molar-refractivity contribution in [3.63, 3.8) is 0 Å². The van der Waals surface area contributed by atoms with Crippen molar-refractivity contribution < 1.29 is 14.7 Å². The average Bonchev–Trinajstić information content (AvgIpc) is 2.66. The number of carbonyl (C=O) groups excluding carboxylic acids is 1. The van der Waals surface area contributed by atoms with E-state index in [1.165, 1.54) is 0 Å². The van der Waals surface area contributed by atoms with Crippen LogP contribution in [0.4, 0.5) is 4.79 Å². The Labute approximate surface area is 102 Å². The lowest BCUT2D eigenvalue weighted by Gasteiger charge is -2.32. The van der Waals surface area contributed by atoms with Crippen molar-refractivity contribution >= 4 is 12.0 Å². The van der Waals surface area contributed by atoms with E-state index in [0.717, 1.165) is 25.9 Å². The number of urea groups is 1. The number of hydrogen-bond donors (Lipinski definition) is 2. The van der Waals surface area contributed by atoms with E-state index in [-0.39, 0.29) is 23.9 Å². The van der Waals surface area contributed by atoms with Crippen molar-refractivity contribution in [2.45, 2.75) is 46.1 Å². The van der Waals surface area contributed by atoms with Crippen LogP contribution in [-0.2, 0) is 4.79 Å². The predicted octanol–water partition coefficient (Wildman–Crippen LogP) is 1.68. The van der Waals surface area contributed by atoms with Crippen molar-refractivity contribution in [1.29, 1.82) is 0 Å². The molecule has 1 heterocycles. The van der Waals surface area contributed by atoms with Crippen LogP contribution in [0, 0.1) is 5.41 Å². The zero-order valence-electron chi connectivity index (χ0n) is 10.8. The largest absolute Gasteiger partial charge is 0.481 e. The Kier molecular flexibility index (Phi) is 4.37. The molecule has 0 aliphatic carbocycles. The minimum absolute atomic E-state index is 0.0386. The topological polar surface area (TPSA) is 69.6 Å². The molecular formula is C12H22N2O3. The maximum atomic E-state index is 11.9. The van der Waals surface area contributed by atoms with E-state index in [0.29, 0.717) is 0 Å². The van der Waals surface area contributed by atoms with Crippen LogP contribution in [0.3, 0.4) is 0 Å².